The molecule has 1 fully saturated rings. The van der Waals surface area contributed by atoms with E-state index in [-0.39, 0.29) is 30.9 Å². The lowest BCUT2D eigenvalue weighted by Crippen LogP contribution is -2.39. The van der Waals surface area contributed by atoms with Crippen LogP contribution in [0.25, 0.3) is 0 Å². The number of benzene rings is 1. The molecule has 1 aliphatic heterocycles. The fourth-order valence-corrected chi connectivity index (χ4v) is 3.05. The molecule has 1 aliphatic rings. The van der Waals surface area contributed by atoms with Gasteiger partial charge in [-0.2, -0.15) is 4.98 Å². The SMILES string of the molecule is COc1cc(OC)cc(N2CCC(N(C)Cc3noc(CN)n3)C2=O)c1.Cl. The molecule has 0 spiro atoms. The monoisotopic (exact) mass is 397 g/mol. The van der Waals surface area contributed by atoms with E-state index in [1.807, 2.05) is 24.1 Å². The molecule has 1 unspecified atom stereocenters. The number of carbonyl (C=O) groups excluding carboxylic acids is 1. The Balaban J connectivity index is 0.00000261. The summed E-state index contributed by atoms with van der Waals surface area (Å²) in [7, 11) is 5.04. The van der Waals surface area contributed by atoms with Crippen LogP contribution in [-0.4, -0.2) is 54.8 Å². The van der Waals surface area contributed by atoms with Crippen LogP contribution in [-0.2, 0) is 17.9 Å². The minimum atomic E-state index is -0.257. The molecule has 1 aromatic carbocycles. The second-order valence-corrected chi connectivity index (χ2v) is 6.09. The van der Waals surface area contributed by atoms with E-state index < -0.39 is 0 Å². The van der Waals surface area contributed by atoms with Crippen LogP contribution in [0.4, 0.5) is 5.69 Å². The van der Waals surface area contributed by atoms with E-state index in [9.17, 15) is 4.79 Å². The smallest absolute Gasteiger partial charge is 0.244 e. The van der Waals surface area contributed by atoms with Crippen molar-refractivity contribution in [3.63, 3.8) is 0 Å². The standard InChI is InChI=1S/C17H23N5O4.ClH/c1-21(10-15-19-16(9-18)26-20-15)14-4-5-22(17(14)23)11-6-12(24-2)8-13(7-11)25-3;/h6-8,14H,4-5,9-10,18H2,1-3H3;1H. The zero-order chi connectivity index (χ0) is 18.7. The van der Waals surface area contributed by atoms with Crippen LogP contribution in [0.5, 0.6) is 11.5 Å². The first-order valence-corrected chi connectivity index (χ1v) is 8.32. The molecule has 27 heavy (non-hydrogen) atoms. The van der Waals surface area contributed by atoms with Gasteiger partial charge in [-0.05, 0) is 13.5 Å². The summed E-state index contributed by atoms with van der Waals surface area (Å²) < 4.78 is 15.6. The maximum Gasteiger partial charge on any atom is 0.244 e. The molecule has 3 rings (SSSR count). The molecule has 1 amide bonds. The Bertz CT molecular complexity index is 762. The third-order valence-corrected chi connectivity index (χ3v) is 4.43. The van der Waals surface area contributed by atoms with Gasteiger partial charge in [0.25, 0.3) is 0 Å². The van der Waals surface area contributed by atoms with Crippen LogP contribution >= 0.6 is 12.4 Å². The van der Waals surface area contributed by atoms with Gasteiger partial charge in [-0.1, -0.05) is 5.16 Å². The molecule has 0 radical (unpaired) electrons. The molecule has 148 valence electrons. The zero-order valence-corrected chi connectivity index (χ0v) is 16.4. The van der Waals surface area contributed by atoms with E-state index in [0.717, 1.165) is 5.69 Å². The maximum absolute atomic E-state index is 12.9. The fraction of sp³-hybridized carbons (Fsp3) is 0.471. The summed E-state index contributed by atoms with van der Waals surface area (Å²) in [6.45, 7) is 1.23. The molecule has 0 saturated carbocycles. The van der Waals surface area contributed by atoms with Crippen molar-refractivity contribution in [1.29, 1.82) is 0 Å². The number of rotatable bonds is 7. The van der Waals surface area contributed by atoms with Gasteiger partial charge in [0.2, 0.25) is 11.8 Å². The summed E-state index contributed by atoms with van der Waals surface area (Å²) >= 11 is 0. The molecule has 10 heteroatoms. The molecule has 1 aromatic heterocycles. The van der Waals surface area contributed by atoms with E-state index >= 15 is 0 Å². The molecule has 1 saturated heterocycles. The second-order valence-electron chi connectivity index (χ2n) is 6.09. The summed E-state index contributed by atoms with van der Waals surface area (Å²) in [6.07, 6.45) is 0.705. The van der Waals surface area contributed by atoms with Gasteiger partial charge in [-0.25, -0.2) is 0 Å². The third kappa shape index (κ3) is 4.49. The summed E-state index contributed by atoms with van der Waals surface area (Å²) in [5.74, 6) is 2.21. The number of nitrogens with two attached hydrogens (primary N) is 1. The van der Waals surface area contributed by atoms with Gasteiger partial charge in [0.15, 0.2) is 5.82 Å². The van der Waals surface area contributed by atoms with Crippen molar-refractivity contribution in [1.82, 2.24) is 15.0 Å². The van der Waals surface area contributed by atoms with Crippen LogP contribution in [0.2, 0.25) is 0 Å². The highest BCUT2D eigenvalue weighted by molar-refractivity contribution is 5.99. The summed E-state index contributed by atoms with van der Waals surface area (Å²) in [5.41, 5.74) is 6.23. The van der Waals surface area contributed by atoms with Gasteiger partial charge in [0, 0.05) is 24.7 Å². The lowest BCUT2D eigenvalue weighted by Gasteiger charge is -2.23. The highest BCUT2D eigenvalue weighted by Crippen LogP contribution is 2.31. The molecule has 0 aliphatic carbocycles. The minimum Gasteiger partial charge on any atom is -0.497 e. The number of methoxy groups -OCH3 is 2. The molecule has 1 atom stereocenters. The molecular formula is C17H24ClN5O4. The van der Waals surface area contributed by atoms with Crippen LogP contribution in [0, 0.1) is 0 Å². The fourth-order valence-electron chi connectivity index (χ4n) is 3.05. The molecular weight excluding hydrogens is 374 g/mol. The number of hydrogen-bond donors (Lipinski definition) is 1. The predicted octanol–water partition coefficient (Wildman–Crippen LogP) is 1.20. The van der Waals surface area contributed by atoms with Gasteiger partial charge < -0.3 is 24.6 Å². The molecule has 9 nitrogen and oxygen atoms in total. The Morgan fingerprint density at radius 3 is 2.52 bits per heavy atom. The highest BCUT2D eigenvalue weighted by Gasteiger charge is 2.36. The Hall–Kier alpha value is -2.36. The summed E-state index contributed by atoms with van der Waals surface area (Å²) in [6, 6.07) is 5.18. The lowest BCUT2D eigenvalue weighted by molar-refractivity contribution is -0.121. The lowest BCUT2D eigenvalue weighted by atomic mass is 10.2. The van der Waals surface area contributed by atoms with Gasteiger partial charge >= 0.3 is 0 Å². The summed E-state index contributed by atoms with van der Waals surface area (Å²) in [4.78, 5) is 20.8. The van der Waals surface area contributed by atoms with Crippen molar-refractivity contribution in [3.8, 4) is 11.5 Å². The van der Waals surface area contributed by atoms with Gasteiger partial charge in [-0.15, -0.1) is 12.4 Å². The van der Waals surface area contributed by atoms with E-state index in [4.69, 9.17) is 19.7 Å². The second kappa shape index (κ2) is 9.03. The number of nitrogens with zero attached hydrogens (tertiary/aromatic N) is 4. The van der Waals surface area contributed by atoms with Crippen LogP contribution in [0.3, 0.4) is 0 Å². The van der Waals surface area contributed by atoms with Crippen LogP contribution < -0.4 is 20.1 Å². The van der Waals surface area contributed by atoms with Crippen molar-refractivity contribution in [2.24, 2.45) is 5.73 Å². The Labute approximate surface area is 163 Å². The van der Waals surface area contributed by atoms with Crippen molar-refractivity contribution in [3.05, 3.63) is 29.9 Å². The Kier molecular flexibility index (Phi) is 7.00. The van der Waals surface area contributed by atoms with Crippen LogP contribution in [0.1, 0.15) is 18.1 Å². The normalized spacial score (nSPS) is 16.6. The van der Waals surface area contributed by atoms with Crippen molar-refractivity contribution < 1.29 is 18.8 Å². The van der Waals surface area contributed by atoms with E-state index in [2.05, 4.69) is 10.1 Å². The third-order valence-electron chi connectivity index (χ3n) is 4.43. The van der Waals surface area contributed by atoms with Crippen molar-refractivity contribution in [2.45, 2.75) is 25.6 Å². The number of likely N-dealkylation sites (N-methyl/N-ethyl adjacent to an activating group) is 1. The average Bonchev–Trinajstić information content (AvgIpc) is 3.27. The van der Waals surface area contributed by atoms with Gasteiger partial charge in [0.1, 0.15) is 11.5 Å². The summed E-state index contributed by atoms with van der Waals surface area (Å²) in [5, 5.41) is 3.88. The van der Waals surface area contributed by atoms with Gasteiger partial charge in [-0.3, -0.25) is 9.69 Å². The number of anilines is 1. The average molecular weight is 398 g/mol. The zero-order valence-electron chi connectivity index (χ0n) is 15.5. The first-order valence-electron chi connectivity index (χ1n) is 8.32. The maximum atomic E-state index is 12.9. The van der Waals surface area contributed by atoms with E-state index in [0.29, 0.717) is 42.7 Å². The number of aromatic nitrogens is 2. The first-order chi connectivity index (χ1) is 12.5. The number of halogens is 1. The molecule has 2 heterocycles. The van der Waals surface area contributed by atoms with Crippen molar-refractivity contribution >= 4 is 24.0 Å². The highest BCUT2D eigenvalue weighted by atomic mass is 35.5. The number of hydrogen-bond acceptors (Lipinski definition) is 8. The Morgan fingerprint density at radius 2 is 1.96 bits per heavy atom. The molecule has 2 aromatic rings. The number of ether oxygens (including phenoxy) is 2. The molecule has 2 N–H and O–H groups in total. The van der Waals surface area contributed by atoms with Crippen molar-refractivity contribution in [2.75, 3.05) is 32.7 Å². The quantitative estimate of drug-likeness (QED) is 0.742. The Morgan fingerprint density at radius 1 is 1.30 bits per heavy atom. The largest absolute Gasteiger partial charge is 0.497 e. The number of carbonyl (C=O) groups is 1. The topological polar surface area (TPSA) is 107 Å². The first kappa shape index (κ1) is 20.9. The van der Waals surface area contributed by atoms with E-state index in [1.54, 1.807) is 25.2 Å². The minimum absolute atomic E-state index is 0. The van der Waals surface area contributed by atoms with E-state index in [1.165, 1.54) is 0 Å². The van der Waals surface area contributed by atoms with Gasteiger partial charge in [0.05, 0.1) is 39.0 Å². The number of amides is 1. The van der Waals surface area contributed by atoms with Crippen LogP contribution in [0.15, 0.2) is 22.7 Å². The molecule has 0 bridgehead atoms. The predicted molar refractivity (Wildman–Crippen MR) is 101 cm³/mol.